The third-order valence-corrected chi connectivity index (χ3v) is 7.85. The zero-order valence-corrected chi connectivity index (χ0v) is 27.0. The molecule has 0 aliphatic rings. The molecule has 238 valence electrons. The fraction of sp³-hybridized carbons (Fsp3) is 0.571. The van der Waals surface area contributed by atoms with E-state index in [0.29, 0.717) is 18.7 Å². The monoisotopic (exact) mass is 610 g/mol. The third kappa shape index (κ3) is 17.7. The van der Waals surface area contributed by atoms with Gasteiger partial charge in [0.05, 0.1) is 4.99 Å². The Labute approximate surface area is 265 Å². The number of hydrogen-bond acceptors (Lipinski definition) is 5. The fourth-order valence-electron chi connectivity index (χ4n) is 4.92. The van der Waals surface area contributed by atoms with Crippen molar-refractivity contribution in [3.05, 3.63) is 65.7 Å². The Morgan fingerprint density at radius 2 is 1.47 bits per heavy atom. The molecule has 0 heterocycles. The van der Waals surface area contributed by atoms with Crippen LogP contribution in [0.25, 0.3) is 0 Å². The topological polar surface area (TPSA) is 105 Å². The molecule has 2 aromatic carbocycles. The molecule has 0 radical (unpaired) electrons. The van der Waals surface area contributed by atoms with Crippen LogP contribution in [0.4, 0.5) is 10.5 Å². The third-order valence-electron chi connectivity index (χ3n) is 7.50. The van der Waals surface area contributed by atoms with Gasteiger partial charge in [-0.2, -0.15) is 0 Å². The number of thiocarbonyl (C=S) groups is 1. The second kappa shape index (κ2) is 23.5. The molecule has 0 saturated carbocycles. The van der Waals surface area contributed by atoms with Gasteiger partial charge >= 0.3 is 6.09 Å². The van der Waals surface area contributed by atoms with Crippen molar-refractivity contribution >= 4 is 34.9 Å². The van der Waals surface area contributed by atoms with Crippen LogP contribution in [0.5, 0.6) is 0 Å². The van der Waals surface area contributed by atoms with Crippen LogP contribution in [-0.4, -0.2) is 29.6 Å². The number of amides is 2. The van der Waals surface area contributed by atoms with Gasteiger partial charge in [-0.3, -0.25) is 4.79 Å². The quantitative estimate of drug-likeness (QED) is 0.0747. The molecule has 2 amide bonds. The Balaban J connectivity index is 1.67. The van der Waals surface area contributed by atoms with Gasteiger partial charge in [-0.15, -0.1) is 0 Å². The first-order chi connectivity index (χ1) is 21.0. The van der Waals surface area contributed by atoms with Gasteiger partial charge in [-0.05, 0) is 55.4 Å². The lowest BCUT2D eigenvalue weighted by Gasteiger charge is -2.19. The van der Waals surface area contributed by atoms with Gasteiger partial charge in [-0.1, -0.05) is 126 Å². The summed E-state index contributed by atoms with van der Waals surface area (Å²) in [5.41, 5.74) is 8.19. The van der Waals surface area contributed by atoms with E-state index in [-0.39, 0.29) is 12.5 Å². The second-order valence-corrected chi connectivity index (χ2v) is 11.8. The van der Waals surface area contributed by atoms with Gasteiger partial charge in [0.15, 0.2) is 0 Å². The SMILES string of the molecule is CCCCCCCCCCCCCC(=S)NCCCC[C@H](NC(=O)OCc1ccccc1)C(=O)Nc1cccc(CN)c1. The lowest BCUT2D eigenvalue weighted by atomic mass is 10.1. The van der Waals surface area contributed by atoms with Crippen LogP contribution < -0.4 is 21.7 Å². The van der Waals surface area contributed by atoms with Crippen LogP contribution in [0.3, 0.4) is 0 Å². The number of nitrogens with two attached hydrogens (primary N) is 1. The summed E-state index contributed by atoms with van der Waals surface area (Å²) in [6.07, 6.45) is 16.9. The summed E-state index contributed by atoms with van der Waals surface area (Å²) in [5, 5.41) is 9.02. The first-order valence-electron chi connectivity index (χ1n) is 16.4. The summed E-state index contributed by atoms with van der Waals surface area (Å²) in [6, 6.07) is 16.1. The minimum absolute atomic E-state index is 0.139. The Bertz CT molecular complexity index is 1050. The van der Waals surface area contributed by atoms with Crippen LogP contribution in [0.15, 0.2) is 54.6 Å². The summed E-state index contributed by atoms with van der Waals surface area (Å²) < 4.78 is 5.37. The average molecular weight is 611 g/mol. The molecule has 7 nitrogen and oxygen atoms in total. The Hall–Kier alpha value is -2.97. The molecule has 0 spiro atoms. The summed E-state index contributed by atoms with van der Waals surface area (Å²) in [5.74, 6) is -0.286. The number of anilines is 1. The molecule has 0 aliphatic heterocycles. The molecule has 43 heavy (non-hydrogen) atoms. The van der Waals surface area contributed by atoms with Crippen molar-refractivity contribution < 1.29 is 14.3 Å². The average Bonchev–Trinajstić information content (AvgIpc) is 3.02. The number of carbonyl (C=O) groups excluding carboxylic acids is 2. The largest absolute Gasteiger partial charge is 0.445 e. The number of rotatable bonds is 23. The van der Waals surface area contributed by atoms with Gasteiger partial charge < -0.3 is 26.4 Å². The fourth-order valence-corrected chi connectivity index (χ4v) is 5.17. The molecule has 8 heteroatoms. The number of carbonyl (C=O) groups is 2. The number of unbranched alkanes of at least 4 members (excludes halogenated alkanes) is 11. The Morgan fingerprint density at radius 1 is 0.814 bits per heavy atom. The molecule has 0 saturated heterocycles. The van der Waals surface area contributed by atoms with Crippen LogP contribution in [0, 0.1) is 0 Å². The van der Waals surface area contributed by atoms with Crippen LogP contribution in [-0.2, 0) is 22.7 Å². The normalized spacial score (nSPS) is 11.5. The highest BCUT2D eigenvalue weighted by atomic mass is 32.1. The zero-order chi connectivity index (χ0) is 31.0. The van der Waals surface area contributed by atoms with Crippen molar-refractivity contribution in [3.63, 3.8) is 0 Å². The van der Waals surface area contributed by atoms with E-state index in [1.165, 1.54) is 64.2 Å². The highest BCUT2D eigenvalue weighted by molar-refractivity contribution is 7.80. The molecule has 2 aromatic rings. The van der Waals surface area contributed by atoms with E-state index in [1.807, 2.05) is 54.6 Å². The van der Waals surface area contributed by atoms with Gasteiger partial charge in [0, 0.05) is 18.8 Å². The summed E-state index contributed by atoms with van der Waals surface area (Å²) in [6.45, 7) is 3.53. The van der Waals surface area contributed by atoms with E-state index in [1.54, 1.807) is 0 Å². The highest BCUT2D eigenvalue weighted by Crippen LogP contribution is 2.14. The first kappa shape index (κ1) is 36.2. The predicted octanol–water partition coefficient (Wildman–Crippen LogP) is 8.17. The lowest BCUT2D eigenvalue weighted by Crippen LogP contribution is -2.44. The van der Waals surface area contributed by atoms with E-state index >= 15 is 0 Å². The van der Waals surface area contributed by atoms with Gasteiger partial charge in [0.25, 0.3) is 0 Å². The van der Waals surface area contributed by atoms with Crippen molar-refractivity contribution in [2.45, 2.75) is 122 Å². The smallest absolute Gasteiger partial charge is 0.408 e. The van der Waals surface area contributed by atoms with Gasteiger partial charge in [0.2, 0.25) is 5.91 Å². The molecular formula is C35H54N4O3S. The molecule has 5 N–H and O–H groups in total. The minimum atomic E-state index is -0.729. The molecule has 2 rings (SSSR count). The van der Waals surface area contributed by atoms with Gasteiger partial charge in [-0.25, -0.2) is 4.79 Å². The second-order valence-electron chi connectivity index (χ2n) is 11.3. The standard InChI is InChI=1S/C35H54N4O3S/c1-2-3-4-5-6-7-8-9-10-11-15-24-33(43)37-25-17-16-23-32(34(40)38-31-22-18-21-30(26-31)27-36)39-35(41)42-28-29-19-13-12-14-20-29/h12-14,18-22,26,32H,2-11,15-17,23-25,27-28,36H2,1H3,(H,37,43)(H,38,40)(H,39,41)/t32-/m0/s1. The zero-order valence-electron chi connectivity index (χ0n) is 26.2. The summed E-state index contributed by atoms with van der Waals surface area (Å²) in [4.78, 5) is 26.6. The van der Waals surface area contributed by atoms with E-state index < -0.39 is 12.1 Å². The number of nitrogens with one attached hydrogen (secondary N) is 3. The molecule has 0 unspecified atom stereocenters. The van der Waals surface area contributed by atoms with Crippen molar-refractivity contribution in [1.82, 2.24) is 10.6 Å². The maximum absolute atomic E-state index is 13.1. The van der Waals surface area contributed by atoms with E-state index in [4.69, 9.17) is 22.7 Å². The number of benzene rings is 2. The van der Waals surface area contributed by atoms with Gasteiger partial charge in [0.1, 0.15) is 12.6 Å². The van der Waals surface area contributed by atoms with Crippen molar-refractivity contribution in [2.75, 3.05) is 11.9 Å². The highest BCUT2D eigenvalue weighted by Gasteiger charge is 2.21. The molecule has 0 aliphatic carbocycles. The van der Waals surface area contributed by atoms with Crippen LogP contribution in [0.1, 0.15) is 114 Å². The first-order valence-corrected chi connectivity index (χ1v) is 16.8. The van der Waals surface area contributed by atoms with Crippen LogP contribution >= 0.6 is 12.2 Å². The molecule has 0 bridgehead atoms. The van der Waals surface area contributed by atoms with E-state index in [2.05, 4.69) is 22.9 Å². The maximum atomic E-state index is 13.1. The number of hydrogen-bond donors (Lipinski definition) is 4. The number of ether oxygens (including phenoxy) is 1. The minimum Gasteiger partial charge on any atom is -0.445 e. The molecule has 1 atom stereocenters. The summed E-state index contributed by atoms with van der Waals surface area (Å²) >= 11 is 5.53. The van der Waals surface area contributed by atoms with E-state index in [9.17, 15) is 9.59 Å². The molecule has 0 aromatic heterocycles. The predicted molar refractivity (Wildman–Crippen MR) is 182 cm³/mol. The Kier molecular flexibility index (Phi) is 19.8. The molecular weight excluding hydrogens is 556 g/mol. The van der Waals surface area contributed by atoms with Crippen molar-refractivity contribution in [3.8, 4) is 0 Å². The molecule has 0 fully saturated rings. The lowest BCUT2D eigenvalue weighted by molar-refractivity contribution is -0.118. The van der Waals surface area contributed by atoms with Crippen LogP contribution in [0.2, 0.25) is 0 Å². The van der Waals surface area contributed by atoms with E-state index in [0.717, 1.165) is 48.3 Å². The number of alkyl carbamates (subject to hydrolysis) is 1. The maximum Gasteiger partial charge on any atom is 0.408 e. The van der Waals surface area contributed by atoms with Crippen molar-refractivity contribution in [2.24, 2.45) is 5.73 Å². The van der Waals surface area contributed by atoms with Crippen molar-refractivity contribution in [1.29, 1.82) is 0 Å². The Morgan fingerprint density at radius 3 is 2.14 bits per heavy atom. The summed E-state index contributed by atoms with van der Waals surface area (Å²) in [7, 11) is 0.